The Balaban J connectivity index is 0.000000264. The molecule has 4 rings (SSSR count). The molecule has 0 fully saturated rings. The molecule has 232 valence electrons. The van der Waals surface area contributed by atoms with Crippen molar-refractivity contribution >= 4 is 27.9 Å². The van der Waals surface area contributed by atoms with Crippen LogP contribution < -0.4 is 10.3 Å². The first kappa shape index (κ1) is 34.9. The number of rotatable bonds is 10. The van der Waals surface area contributed by atoms with Gasteiger partial charge in [0.15, 0.2) is 0 Å². The van der Waals surface area contributed by atoms with Crippen molar-refractivity contribution in [1.29, 1.82) is 0 Å². The van der Waals surface area contributed by atoms with Gasteiger partial charge in [-0.05, 0) is 48.5 Å². The maximum atomic E-state index is 13.0. The smallest absolute Gasteiger partial charge is 0.345 e. The van der Waals surface area contributed by atoms with Gasteiger partial charge in [-0.25, -0.2) is 27.7 Å². The van der Waals surface area contributed by atoms with Crippen molar-refractivity contribution < 1.29 is 42.1 Å². The second kappa shape index (κ2) is 18.3. The first-order chi connectivity index (χ1) is 20.7. The molecule has 2 heterocycles. The van der Waals surface area contributed by atoms with Crippen LogP contribution in [0.2, 0.25) is 0 Å². The lowest BCUT2D eigenvalue weighted by molar-refractivity contribution is 0.0586. The van der Waals surface area contributed by atoms with Crippen LogP contribution >= 0.6 is 15.9 Å². The van der Waals surface area contributed by atoms with Gasteiger partial charge in [-0.1, -0.05) is 15.9 Å². The maximum absolute atomic E-state index is 13.0. The number of carbonyl (C=O) groups excluding carboxylic acids is 2. The number of hydrogen-bond donors (Lipinski definition) is 1. The van der Waals surface area contributed by atoms with Gasteiger partial charge < -0.3 is 23.7 Å². The molecule has 12 nitrogen and oxygen atoms in total. The molecule has 0 radical (unpaired) electrons. The Morgan fingerprint density at radius 2 is 1.35 bits per heavy atom. The van der Waals surface area contributed by atoms with E-state index in [2.05, 4.69) is 40.3 Å². The minimum atomic E-state index is -0.716. The average molecular weight is 669 g/mol. The number of aromatic nitrogens is 4. The van der Waals surface area contributed by atoms with E-state index in [1.807, 2.05) is 0 Å². The van der Waals surface area contributed by atoms with Crippen LogP contribution in [0.25, 0.3) is 11.4 Å². The number of alkyl halides is 1. The lowest BCUT2D eigenvalue weighted by Crippen LogP contribution is -2.20. The SMILES string of the molecule is COC(=O)c1c[nH]n(-c2ccc(F)cc2)c1=O.COCCBr.COCCOc1c(C(=O)OC)cnn1-c1ccc(F)cc1. The molecule has 0 saturated heterocycles. The van der Waals surface area contributed by atoms with Crippen LogP contribution in [-0.2, 0) is 18.9 Å². The minimum absolute atomic E-state index is 0.100. The Morgan fingerprint density at radius 1 is 0.814 bits per heavy atom. The molecule has 0 spiro atoms. The average Bonchev–Trinajstić information content (AvgIpc) is 3.62. The van der Waals surface area contributed by atoms with E-state index in [-0.39, 0.29) is 29.4 Å². The Morgan fingerprint density at radius 3 is 1.84 bits per heavy atom. The fourth-order valence-electron chi connectivity index (χ4n) is 3.20. The Hall–Kier alpha value is -4.34. The first-order valence-electron chi connectivity index (χ1n) is 12.5. The van der Waals surface area contributed by atoms with Crippen molar-refractivity contribution in [3.63, 3.8) is 0 Å². The van der Waals surface area contributed by atoms with Crippen LogP contribution in [-0.4, -0.2) is 85.1 Å². The van der Waals surface area contributed by atoms with Crippen molar-refractivity contribution in [2.45, 2.75) is 0 Å². The monoisotopic (exact) mass is 668 g/mol. The van der Waals surface area contributed by atoms with E-state index in [9.17, 15) is 23.2 Å². The fraction of sp³-hybridized carbons (Fsp3) is 0.286. The van der Waals surface area contributed by atoms with Crippen LogP contribution in [0, 0.1) is 11.6 Å². The molecular formula is C28H31BrF2N4O8. The molecule has 0 saturated carbocycles. The zero-order valence-corrected chi connectivity index (χ0v) is 25.4. The van der Waals surface area contributed by atoms with E-state index < -0.39 is 23.3 Å². The number of nitrogens with one attached hydrogen (secondary N) is 1. The van der Waals surface area contributed by atoms with E-state index >= 15 is 0 Å². The standard InChI is InChI=1S/C14H15FN2O4.C11H9FN2O3.C3H7BrO/c1-19-7-8-21-13-12(14(18)20-2)9-16-17(13)11-5-3-10(15)4-6-11;1-17-11(16)9-6-13-14(10(9)15)8-4-2-7(12)3-5-8;1-5-3-2-4/h3-6,9H,7-8H2,1-2H3;2-6,13H,1H3;2-3H2,1H3. The van der Waals surface area contributed by atoms with Crippen molar-refractivity contribution in [3.05, 3.63) is 94.0 Å². The quantitative estimate of drug-likeness (QED) is 0.151. The summed E-state index contributed by atoms with van der Waals surface area (Å²) in [4.78, 5) is 34.7. The van der Waals surface area contributed by atoms with Gasteiger partial charge in [-0.2, -0.15) is 5.10 Å². The first-order valence-corrected chi connectivity index (χ1v) is 13.6. The highest BCUT2D eigenvalue weighted by Gasteiger charge is 2.21. The van der Waals surface area contributed by atoms with Crippen molar-refractivity contribution in [1.82, 2.24) is 19.6 Å². The Kier molecular flexibility index (Phi) is 14.8. The van der Waals surface area contributed by atoms with Crippen molar-refractivity contribution in [3.8, 4) is 17.3 Å². The van der Waals surface area contributed by atoms with Crippen LogP contribution in [0.1, 0.15) is 20.7 Å². The Labute approximate surface area is 254 Å². The molecule has 0 aliphatic rings. The van der Waals surface area contributed by atoms with Gasteiger partial charge in [0.05, 0.1) is 45.0 Å². The van der Waals surface area contributed by atoms with Crippen LogP contribution in [0.4, 0.5) is 8.78 Å². The summed E-state index contributed by atoms with van der Waals surface area (Å²) >= 11 is 3.18. The molecule has 1 N–H and O–H groups in total. The summed E-state index contributed by atoms with van der Waals surface area (Å²) in [7, 11) is 5.69. The highest BCUT2D eigenvalue weighted by Crippen LogP contribution is 2.23. The number of hydrogen-bond acceptors (Lipinski definition) is 9. The molecule has 43 heavy (non-hydrogen) atoms. The molecule has 2 aromatic heterocycles. The minimum Gasteiger partial charge on any atom is -0.475 e. The Bertz CT molecular complexity index is 1490. The zero-order valence-electron chi connectivity index (χ0n) is 23.8. The lowest BCUT2D eigenvalue weighted by atomic mass is 10.3. The van der Waals surface area contributed by atoms with E-state index in [1.54, 1.807) is 14.2 Å². The number of H-pyrrole nitrogens is 1. The summed E-state index contributed by atoms with van der Waals surface area (Å²) in [6, 6.07) is 11.0. The number of aromatic amines is 1. The lowest BCUT2D eigenvalue weighted by Gasteiger charge is -2.10. The fourth-order valence-corrected chi connectivity index (χ4v) is 3.52. The molecule has 0 atom stereocenters. The molecule has 0 bridgehead atoms. The third kappa shape index (κ3) is 10.2. The predicted octanol–water partition coefficient (Wildman–Crippen LogP) is 3.94. The van der Waals surface area contributed by atoms with Gasteiger partial charge >= 0.3 is 11.9 Å². The second-order valence-electron chi connectivity index (χ2n) is 8.06. The second-order valence-corrected chi connectivity index (χ2v) is 8.85. The van der Waals surface area contributed by atoms with E-state index in [0.29, 0.717) is 18.0 Å². The molecule has 0 aliphatic heterocycles. The molecule has 0 unspecified atom stereocenters. The highest BCUT2D eigenvalue weighted by atomic mass is 79.9. The van der Waals surface area contributed by atoms with E-state index in [1.165, 1.54) is 79.8 Å². The summed E-state index contributed by atoms with van der Waals surface area (Å²) in [5, 5.41) is 7.63. The van der Waals surface area contributed by atoms with Gasteiger partial charge in [-0.15, -0.1) is 0 Å². The number of nitrogens with zero attached hydrogens (tertiary/aromatic N) is 3. The number of benzene rings is 2. The highest BCUT2D eigenvalue weighted by molar-refractivity contribution is 9.09. The number of ether oxygens (including phenoxy) is 5. The summed E-state index contributed by atoms with van der Waals surface area (Å²) in [6.07, 6.45) is 2.59. The normalized spacial score (nSPS) is 10.1. The van der Waals surface area contributed by atoms with Crippen molar-refractivity contribution in [2.24, 2.45) is 0 Å². The van der Waals surface area contributed by atoms with E-state index in [4.69, 9.17) is 9.47 Å². The van der Waals surface area contributed by atoms with Gasteiger partial charge in [0.2, 0.25) is 5.88 Å². The van der Waals surface area contributed by atoms with Gasteiger partial charge in [0, 0.05) is 25.7 Å². The summed E-state index contributed by atoms with van der Waals surface area (Å²) in [6.45, 7) is 1.41. The van der Waals surface area contributed by atoms with Crippen LogP contribution in [0.3, 0.4) is 0 Å². The van der Waals surface area contributed by atoms with Crippen LogP contribution in [0.15, 0.2) is 65.7 Å². The molecule has 0 amide bonds. The molecule has 4 aromatic rings. The zero-order chi connectivity index (χ0) is 31.8. The van der Waals surface area contributed by atoms with Crippen LogP contribution in [0.5, 0.6) is 5.88 Å². The van der Waals surface area contributed by atoms with Gasteiger partial charge in [-0.3, -0.25) is 9.89 Å². The summed E-state index contributed by atoms with van der Waals surface area (Å²) < 4.78 is 52.5. The number of esters is 2. The van der Waals surface area contributed by atoms with Gasteiger partial charge in [0.25, 0.3) is 5.56 Å². The topological polar surface area (TPSA) is 136 Å². The number of methoxy groups -OCH3 is 4. The molecular weight excluding hydrogens is 638 g/mol. The number of carbonyl (C=O) groups is 2. The molecule has 0 aliphatic carbocycles. The summed E-state index contributed by atoms with van der Waals surface area (Å²) in [5.41, 5.74) is 0.559. The summed E-state index contributed by atoms with van der Waals surface area (Å²) in [5.74, 6) is -1.81. The molecule has 15 heteroatoms. The largest absolute Gasteiger partial charge is 0.475 e. The van der Waals surface area contributed by atoms with E-state index in [0.717, 1.165) is 16.6 Å². The maximum Gasteiger partial charge on any atom is 0.345 e. The van der Waals surface area contributed by atoms with Gasteiger partial charge in [0.1, 0.15) is 29.4 Å². The number of halogens is 3. The third-order valence-electron chi connectivity index (χ3n) is 5.27. The third-order valence-corrected chi connectivity index (χ3v) is 5.59. The molecule has 2 aromatic carbocycles. The predicted molar refractivity (Wildman–Crippen MR) is 156 cm³/mol. The van der Waals surface area contributed by atoms with Crippen molar-refractivity contribution in [2.75, 3.05) is 53.6 Å².